The molecular weight excluding hydrogens is 495 g/mol. The van der Waals surface area contributed by atoms with Gasteiger partial charge in [-0.2, -0.15) is 13.2 Å². The molecule has 2 aromatic carbocycles. The van der Waals surface area contributed by atoms with Gasteiger partial charge in [-0.1, -0.05) is 0 Å². The summed E-state index contributed by atoms with van der Waals surface area (Å²) in [5.74, 6) is 0.284. The van der Waals surface area contributed by atoms with Crippen LogP contribution in [0.25, 0.3) is 16.9 Å². The third-order valence-electron chi connectivity index (χ3n) is 5.66. The summed E-state index contributed by atoms with van der Waals surface area (Å²) in [6.45, 7) is 1.60. The lowest BCUT2D eigenvalue weighted by Crippen LogP contribution is -2.15. The summed E-state index contributed by atoms with van der Waals surface area (Å²) in [6, 6.07) is 15.5. The maximum Gasteiger partial charge on any atom is 0.418 e. The predicted molar refractivity (Wildman–Crippen MR) is 136 cm³/mol. The number of rotatable bonds is 6. The molecule has 0 aliphatic rings. The number of hydrogen-bond donors (Lipinski definition) is 2. The van der Waals surface area contributed by atoms with Crippen molar-refractivity contribution in [1.82, 2.24) is 24.5 Å². The number of nitrogens with zero attached hydrogens (tertiary/aromatic N) is 5. The van der Waals surface area contributed by atoms with Gasteiger partial charge in [-0.05, 0) is 67.6 Å². The predicted octanol–water partition coefficient (Wildman–Crippen LogP) is 6.05. The highest BCUT2D eigenvalue weighted by atomic mass is 19.4. The van der Waals surface area contributed by atoms with Crippen molar-refractivity contribution < 1.29 is 18.0 Å². The van der Waals surface area contributed by atoms with Crippen LogP contribution in [0.2, 0.25) is 0 Å². The molecule has 0 unspecified atom stereocenters. The smallest absolute Gasteiger partial charge is 0.324 e. The Kier molecular flexibility index (Phi) is 6.56. The highest BCUT2D eigenvalue weighted by molar-refractivity contribution is 6.04. The van der Waals surface area contributed by atoms with E-state index in [1.165, 1.54) is 29.1 Å². The Morgan fingerprint density at radius 3 is 2.39 bits per heavy atom. The summed E-state index contributed by atoms with van der Waals surface area (Å²) >= 11 is 0. The van der Waals surface area contributed by atoms with E-state index in [1.54, 1.807) is 55.8 Å². The first kappa shape index (κ1) is 24.6. The van der Waals surface area contributed by atoms with Crippen molar-refractivity contribution in [2.75, 3.05) is 10.6 Å². The lowest BCUT2D eigenvalue weighted by Gasteiger charge is -2.16. The number of carbonyl (C=O) groups is 1. The van der Waals surface area contributed by atoms with Crippen molar-refractivity contribution in [1.29, 1.82) is 0 Å². The second-order valence-electron chi connectivity index (χ2n) is 8.24. The molecule has 190 valence electrons. The van der Waals surface area contributed by atoms with Crippen LogP contribution >= 0.6 is 0 Å². The standard InChI is InChI=1S/C27H20F3N7O/c1-17-32-13-14-37(17)24-15-21(8-9-22(24)27(28,29)30)34-25(38)18-4-6-20(7-5-18)35-26-33-12-10-23(36-26)19-3-2-11-31-16-19/h2-16H,1H3,(H,34,38)(H,33,35,36). The number of aromatic nitrogens is 5. The van der Waals surface area contributed by atoms with Crippen LogP contribution in [0.5, 0.6) is 0 Å². The highest BCUT2D eigenvalue weighted by Gasteiger charge is 2.34. The zero-order valence-corrected chi connectivity index (χ0v) is 19.9. The van der Waals surface area contributed by atoms with Crippen LogP contribution in [0.3, 0.4) is 0 Å². The Bertz CT molecular complexity index is 1580. The summed E-state index contributed by atoms with van der Waals surface area (Å²) in [5.41, 5.74) is 1.78. The van der Waals surface area contributed by atoms with Crippen LogP contribution < -0.4 is 10.6 Å². The number of nitrogens with one attached hydrogen (secondary N) is 2. The molecule has 0 radical (unpaired) electrons. The third-order valence-corrected chi connectivity index (χ3v) is 5.66. The lowest BCUT2D eigenvalue weighted by molar-refractivity contribution is -0.137. The fourth-order valence-corrected chi connectivity index (χ4v) is 3.81. The van der Waals surface area contributed by atoms with E-state index >= 15 is 0 Å². The zero-order chi connectivity index (χ0) is 26.7. The highest BCUT2D eigenvalue weighted by Crippen LogP contribution is 2.35. The van der Waals surface area contributed by atoms with Crippen molar-refractivity contribution in [3.05, 3.63) is 109 Å². The minimum atomic E-state index is -4.57. The van der Waals surface area contributed by atoms with Gasteiger partial charge >= 0.3 is 6.18 Å². The van der Waals surface area contributed by atoms with Crippen molar-refractivity contribution in [3.8, 4) is 16.9 Å². The van der Waals surface area contributed by atoms with E-state index in [0.29, 0.717) is 28.7 Å². The Balaban J connectivity index is 1.32. The molecule has 8 nitrogen and oxygen atoms in total. The average Bonchev–Trinajstić information content (AvgIpc) is 3.35. The van der Waals surface area contributed by atoms with Crippen LogP contribution in [0.15, 0.2) is 91.6 Å². The van der Waals surface area contributed by atoms with Gasteiger partial charge in [-0.25, -0.2) is 15.0 Å². The molecule has 0 fully saturated rings. The molecule has 0 atom stereocenters. The van der Waals surface area contributed by atoms with Crippen molar-refractivity contribution in [2.45, 2.75) is 13.1 Å². The molecule has 0 spiro atoms. The molecule has 11 heteroatoms. The number of anilines is 3. The van der Waals surface area contributed by atoms with Gasteiger partial charge in [0.25, 0.3) is 5.91 Å². The Morgan fingerprint density at radius 2 is 1.71 bits per heavy atom. The maximum atomic E-state index is 13.6. The molecule has 38 heavy (non-hydrogen) atoms. The minimum Gasteiger partial charge on any atom is -0.324 e. The Morgan fingerprint density at radius 1 is 0.921 bits per heavy atom. The number of hydrogen-bond acceptors (Lipinski definition) is 6. The van der Waals surface area contributed by atoms with Gasteiger partial charge in [0, 0.05) is 53.5 Å². The number of carbonyl (C=O) groups excluding carboxylic acids is 1. The van der Waals surface area contributed by atoms with E-state index in [2.05, 4.69) is 30.6 Å². The number of pyridine rings is 1. The Hall–Kier alpha value is -5.06. The van der Waals surface area contributed by atoms with Crippen LogP contribution in [0, 0.1) is 6.92 Å². The molecule has 5 aromatic rings. The molecule has 3 heterocycles. The van der Waals surface area contributed by atoms with E-state index in [1.807, 2.05) is 12.1 Å². The topological polar surface area (TPSA) is 97.6 Å². The van der Waals surface area contributed by atoms with Crippen LogP contribution in [0.1, 0.15) is 21.7 Å². The summed E-state index contributed by atoms with van der Waals surface area (Å²) < 4.78 is 42.1. The minimum absolute atomic E-state index is 0.127. The second kappa shape index (κ2) is 10.1. The molecule has 0 saturated carbocycles. The maximum absolute atomic E-state index is 13.6. The quantitative estimate of drug-likeness (QED) is 0.286. The zero-order valence-electron chi connectivity index (χ0n) is 19.9. The molecule has 0 aliphatic heterocycles. The van der Waals surface area contributed by atoms with E-state index in [-0.39, 0.29) is 11.4 Å². The van der Waals surface area contributed by atoms with Crippen LogP contribution in [-0.4, -0.2) is 30.4 Å². The molecule has 0 saturated heterocycles. The van der Waals surface area contributed by atoms with Crippen molar-refractivity contribution in [2.24, 2.45) is 0 Å². The SMILES string of the molecule is Cc1nccn1-c1cc(NC(=O)c2ccc(Nc3nccc(-c4cccnc4)n3)cc2)ccc1C(F)(F)F. The summed E-state index contributed by atoms with van der Waals surface area (Å²) in [6.07, 6.45) is 3.29. The van der Waals surface area contributed by atoms with Gasteiger partial charge in [-0.15, -0.1) is 0 Å². The van der Waals surface area contributed by atoms with Gasteiger partial charge < -0.3 is 15.2 Å². The first-order valence-electron chi connectivity index (χ1n) is 11.4. The monoisotopic (exact) mass is 515 g/mol. The number of alkyl halides is 3. The lowest BCUT2D eigenvalue weighted by atomic mass is 10.1. The number of aryl methyl sites for hydroxylation is 1. The largest absolute Gasteiger partial charge is 0.418 e. The molecular formula is C27H20F3N7O. The molecule has 3 aromatic heterocycles. The average molecular weight is 515 g/mol. The second-order valence-corrected chi connectivity index (χ2v) is 8.24. The summed E-state index contributed by atoms with van der Waals surface area (Å²) in [7, 11) is 0. The van der Waals surface area contributed by atoms with Gasteiger partial charge in [0.2, 0.25) is 5.95 Å². The van der Waals surface area contributed by atoms with E-state index in [9.17, 15) is 18.0 Å². The summed E-state index contributed by atoms with van der Waals surface area (Å²) in [5, 5.41) is 5.75. The van der Waals surface area contributed by atoms with Gasteiger partial charge in [0.15, 0.2) is 0 Å². The molecule has 0 bridgehead atoms. The first-order chi connectivity index (χ1) is 18.3. The fourth-order valence-electron chi connectivity index (χ4n) is 3.81. The van der Waals surface area contributed by atoms with Crippen molar-refractivity contribution in [3.63, 3.8) is 0 Å². The number of amides is 1. The third kappa shape index (κ3) is 5.36. The van der Waals surface area contributed by atoms with E-state index < -0.39 is 17.6 Å². The normalized spacial score (nSPS) is 11.3. The van der Waals surface area contributed by atoms with Gasteiger partial charge in [0.05, 0.1) is 16.9 Å². The molecule has 5 rings (SSSR count). The van der Waals surface area contributed by atoms with Crippen LogP contribution in [0.4, 0.5) is 30.5 Å². The number of benzene rings is 2. The summed E-state index contributed by atoms with van der Waals surface area (Å²) in [4.78, 5) is 29.6. The first-order valence-corrected chi connectivity index (χ1v) is 11.4. The fraction of sp³-hybridized carbons (Fsp3) is 0.0741. The van der Waals surface area contributed by atoms with Gasteiger partial charge in [-0.3, -0.25) is 9.78 Å². The van der Waals surface area contributed by atoms with Crippen molar-refractivity contribution >= 4 is 23.2 Å². The number of halogens is 3. The van der Waals surface area contributed by atoms with Crippen LogP contribution in [-0.2, 0) is 6.18 Å². The van der Waals surface area contributed by atoms with E-state index in [4.69, 9.17) is 0 Å². The molecule has 1 amide bonds. The van der Waals surface area contributed by atoms with Gasteiger partial charge in [0.1, 0.15) is 5.82 Å². The van der Waals surface area contributed by atoms with E-state index in [0.717, 1.165) is 11.6 Å². The molecule has 2 N–H and O–H groups in total. The number of imidazole rings is 1. The molecule has 0 aliphatic carbocycles. The Labute approximate surface area is 215 Å².